The van der Waals surface area contributed by atoms with Gasteiger partial charge in [0.15, 0.2) is 0 Å². The molecule has 0 amide bonds. The van der Waals surface area contributed by atoms with Crippen LogP contribution in [0.2, 0.25) is 0 Å². The van der Waals surface area contributed by atoms with Crippen molar-refractivity contribution in [2.45, 2.75) is 32.0 Å². The Hall–Kier alpha value is -1.22. The van der Waals surface area contributed by atoms with Gasteiger partial charge in [-0.3, -0.25) is 0 Å². The van der Waals surface area contributed by atoms with Crippen molar-refractivity contribution < 1.29 is 9.47 Å². The van der Waals surface area contributed by atoms with Gasteiger partial charge in [0.25, 0.3) is 0 Å². The molecule has 0 spiro atoms. The Bertz CT molecular complexity index is 334. The maximum Gasteiger partial charge on any atom is 0.126 e. The molecule has 0 unspecified atom stereocenters. The van der Waals surface area contributed by atoms with Gasteiger partial charge >= 0.3 is 0 Å². The van der Waals surface area contributed by atoms with Crippen LogP contribution in [0.25, 0.3) is 0 Å². The topological polar surface area (TPSA) is 44.5 Å². The van der Waals surface area contributed by atoms with Crippen molar-refractivity contribution in [1.82, 2.24) is 0 Å². The zero-order valence-corrected chi connectivity index (χ0v) is 9.03. The van der Waals surface area contributed by atoms with Gasteiger partial charge in [-0.1, -0.05) is 6.07 Å². The van der Waals surface area contributed by atoms with E-state index in [0.29, 0.717) is 12.7 Å². The van der Waals surface area contributed by atoms with Gasteiger partial charge in [0.2, 0.25) is 0 Å². The van der Waals surface area contributed by atoms with Gasteiger partial charge in [-0.05, 0) is 25.3 Å². The molecule has 1 saturated carbocycles. The minimum absolute atomic E-state index is 0.451. The summed E-state index contributed by atoms with van der Waals surface area (Å²) in [7, 11) is 1.65. The Labute approximate surface area is 90.2 Å². The summed E-state index contributed by atoms with van der Waals surface area (Å²) < 4.78 is 11.0. The number of nitrogen functional groups attached to an aromatic ring is 1. The lowest BCUT2D eigenvalue weighted by molar-refractivity contribution is -0.00932. The lowest BCUT2D eigenvalue weighted by Crippen LogP contribution is -2.21. The summed E-state index contributed by atoms with van der Waals surface area (Å²) in [6.07, 6.45) is 4.13. The van der Waals surface area contributed by atoms with Gasteiger partial charge < -0.3 is 15.2 Å². The van der Waals surface area contributed by atoms with Crippen LogP contribution in [-0.2, 0) is 11.3 Å². The maximum atomic E-state index is 5.73. The fourth-order valence-electron chi connectivity index (χ4n) is 1.63. The van der Waals surface area contributed by atoms with Crippen LogP contribution in [0.1, 0.15) is 24.8 Å². The molecular weight excluding hydrogens is 190 g/mol. The minimum Gasteiger partial charge on any atom is -0.496 e. The Morgan fingerprint density at radius 1 is 1.40 bits per heavy atom. The fourth-order valence-corrected chi connectivity index (χ4v) is 1.63. The number of benzene rings is 1. The van der Waals surface area contributed by atoms with Crippen LogP contribution in [0.4, 0.5) is 5.69 Å². The van der Waals surface area contributed by atoms with Crippen LogP contribution in [0, 0.1) is 0 Å². The smallest absolute Gasteiger partial charge is 0.126 e. The van der Waals surface area contributed by atoms with E-state index in [2.05, 4.69) is 0 Å². The second kappa shape index (κ2) is 4.53. The number of methoxy groups -OCH3 is 1. The number of rotatable bonds is 4. The number of nitrogens with two attached hydrogens (primary N) is 1. The molecule has 0 saturated heterocycles. The fraction of sp³-hybridized carbons (Fsp3) is 0.500. The molecule has 0 radical (unpaired) electrons. The lowest BCUT2D eigenvalue weighted by atomic mass is 9.96. The number of anilines is 1. The largest absolute Gasteiger partial charge is 0.496 e. The van der Waals surface area contributed by atoms with E-state index in [1.54, 1.807) is 7.11 Å². The van der Waals surface area contributed by atoms with Crippen LogP contribution in [0.3, 0.4) is 0 Å². The summed E-state index contributed by atoms with van der Waals surface area (Å²) in [5.74, 6) is 0.814. The van der Waals surface area contributed by atoms with Gasteiger partial charge in [-0.25, -0.2) is 0 Å². The van der Waals surface area contributed by atoms with E-state index in [-0.39, 0.29) is 0 Å². The molecule has 1 aliphatic carbocycles. The molecule has 1 fully saturated rings. The average Bonchev–Trinajstić information content (AvgIpc) is 2.17. The first-order valence-electron chi connectivity index (χ1n) is 5.33. The molecule has 0 heterocycles. The number of hydrogen-bond donors (Lipinski definition) is 1. The molecule has 82 valence electrons. The standard InChI is InChI=1S/C12H17NO2/c1-14-12-7-10(13)6-5-9(12)8-15-11-3-2-4-11/h5-7,11H,2-4,8,13H2,1H3. The van der Waals surface area contributed by atoms with Crippen molar-refractivity contribution in [1.29, 1.82) is 0 Å². The summed E-state index contributed by atoms with van der Waals surface area (Å²) in [5, 5.41) is 0. The van der Waals surface area contributed by atoms with Gasteiger partial charge in [0.1, 0.15) is 5.75 Å². The summed E-state index contributed by atoms with van der Waals surface area (Å²) in [6, 6.07) is 5.67. The molecule has 3 heteroatoms. The second-order valence-electron chi connectivity index (χ2n) is 3.94. The van der Waals surface area contributed by atoms with Gasteiger partial charge in [0.05, 0.1) is 19.8 Å². The highest BCUT2D eigenvalue weighted by Gasteiger charge is 2.18. The lowest BCUT2D eigenvalue weighted by Gasteiger charge is -2.25. The molecule has 0 aliphatic heterocycles. The Morgan fingerprint density at radius 2 is 2.20 bits per heavy atom. The molecule has 0 bridgehead atoms. The van der Waals surface area contributed by atoms with E-state index in [4.69, 9.17) is 15.2 Å². The molecule has 2 N–H and O–H groups in total. The summed E-state index contributed by atoms with van der Waals surface area (Å²) in [6.45, 7) is 0.619. The molecule has 0 atom stereocenters. The van der Waals surface area contributed by atoms with E-state index in [9.17, 15) is 0 Å². The van der Waals surface area contributed by atoms with Crippen molar-refractivity contribution >= 4 is 5.69 Å². The third-order valence-electron chi connectivity index (χ3n) is 2.84. The predicted octanol–water partition coefficient (Wildman–Crippen LogP) is 2.35. The van der Waals surface area contributed by atoms with E-state index < -0.39 is 0 Å². The van der Waals surface area contributed by atoms with Crippen molar-refractivity contribution in [3.8, 4) is 5.75 Å². The highest BCUT2D eigenvalue weighted by Crippen LogP contribution is 2.26. The Balaban J connectivity index is 1.99. The third kappa shape index (κ3) is 2.42. The van der Waals surface area contributed by atoms with Crippen LogP contribution in [-0.4, -0.2) is 13.2 Å². The van der Waals surface area contributed by atoms with Gasteiger partial charge in [-0.15, -0.1) is 0 Å². The van der Waals surface area contributed by atoms with E-state index in [1.807, 2.05) is 18.2 Å². The van der Waals surface area contributed by atoms with Crippen molar-refractivity contribution in [3.63, 3.8) is 0 Å². The Kier molecular flexibility index (Phi) is 3.11. The minimum atomic E-state index is 0.451. The van der Waals surface area contributed by atoms with E-state index >= 15 is 0 Å². The second-order valence-corrected chi connectivity index (χ2v) is 3.94. The molecule has 15 heavy (non-hydrogen) atoms. The van der Waals surface area contributed by atoms with Crippen LogP contribution in [0.15, 0.2) is 18.2 Å². The molecular formula is C12H17NO2. The van der Waals surface area contributed by atoms with Crippen LogP contribution in [0.5, 0.6) is 5.75 Å². The molecule has 1 aliphatic rings. The van der Waals surface area contributed by atoms with Crippen molar-refractivity contribution in [2.75, 3.05) is 12.8 Å². The molecule has 1 aromatic rings. The van der Waals surface area contributed by atoms with Crippen LogP contribution >= 0.6 is 0 Å². The van der Waals surface area contributed by atoms with E-state index in [1.165, 1.54) is 19.3 Å². The quantitative estimate of drug-likeness (QED) is 0.771. The summed E-state index contributed by atoms with van der Waals surface area (Å²) in [4.78, 5) is 0. The molecule has 3 nitrogen and oxygen atoms in total. The molecule has 2 rings (SSSR count). The first-order valence-corrected chi connectivity index (χ1v) is 5.33. The monoisotopic (exact) mass is 207 g/mol. The van der Waals surface area contributed by atoms with Gasteiger partial charge in [-0.2, -0.15) is 0 Å². The predicted molar refractivity (Wildman–Crippen MR) is 59.8 cm³/mol. The zero-order chi connectivity index (χ0) is 10.7. The van der Waals surface area contributed by atoms with Crippen molar-refractivity contribution in [2.24, 2.45) is 0 Å². The number of hydrogen-bond acceptors (Lipinski definition) is 3. The van der Waals surface area contributed by atoms with Gasteiger partial charge in [0, 0.05) is 17.3 Å². The average molecular weight is 207 g/mol. The summed E-state index contributed by atoms with van der Waals surface area (Å²) >= 11 is 0. The normalized spacial score (nSPS) is 16.1. The third-order valence-corrected chi connectivity index (χ3v) is 2.84. The SMILES string of the molecule is COc1cc(N)ccc1COC1CCC1. The highest BCUT2D eigenvalue weighted by molar-refractivity contribution is 5.48. The Morgan fingerprint density at radius 3 is 2.80 bits per heavy atom. The highest BCUT2D eigenvalue weighted by atomic mass is 16.5. The summed E-state index contributed by atoms with van der Waals surface area (Å²) in [5.41, 5.74) is 7.47. The van der Waals surface area contributed by atoms with Crippen molar-refractivity contribution in [3.05, 3.63) is 23.8 Å². The van der Waals surface area contributed by atoms with E-state index in [0.717, 1.165) is 17.0 Å². The first-order chi connectivity index (χ1) is 7.29. The first kappa shape index (κ1) is 10.3. The molecule has 0 aromatic heterocycles. The maximum absolute atomic E-state index is 5.73. The zero-order valence-electron chi connectivity index (χ0n) is 9.03. The number of ether oxygens (including phenoxy) is 2. The van der Waals surface area contributed by atoms with Crippen LogP contribution < -0.4 is 10.5 Å². The molecule has 1 aromatic carbocycles.